The minimum atomic E-state index is -0.121. The van der Waals surface area contributed by atoms with E-state index >= 15 is 0 Å². The third-order valence-corrected chi connectivity index (χ3v) is 5.10. The summed E-state index contributed by atoms with van der Waals surface area (Å²) in [5.41, 5.74) is 5.48. The summed E-state index contributed by atoms with van der Waals surface area (Å²) in [5, 5.41) is 4.28. The number of para-hydroxylation sites is 1. The number of nitrogens with zero attached hydrogens (tertiary/aromatic N) is 1. The van der Waals surface area contributed by atoms with Crippen molar-refractivity contribution in [1.29, 1.82) is 0 Å². The van der Waals surface area contributed by atoms with Crippen molar-refractivity contribution in [3.8, 4) is 0 Å². The van der Waals surface area contributed by atoms with Crippen LogP contribution < -0.4 is 10.7 Å². The van der Waals surface area contributed by atoms with Crippen LogP contribution in [0.3, 0.4) is 0 Å². The fourth-order valence-corrected chi connectivity index (χ4v) is 3.62. The Kier molecular flexibility index (Phi) is 4.47. The SMILES string of the molecule is Cc1ccc(C)c(NC(=O)Cn2c3ccccc3c(=O)c3cc(C)ccc32)c1. The summed E-state index contributed by atoms with van der Waals surface area (Å²) in [6.07, 6.45) is 0. The molecule has 0 fully saturated rings. The van der Waals surface area contributed by atoms with E-state index in [2.05, 4.69) is 5.32 Å². The average molecular weight is 370 g/mol. The van der Waals surface area contributed by atoms with E-state index in [1.54, 1.807) is 0 Å². The van der Waals surface area contributed by atoms with Crippen molar-refractivity contribution in [2.24, 2.45) is 0 Å². The van der Waals surface area contributed by atoms with Gasteiger partial charge in [0.15, 0.2) is 5.43 Å². The standard InChI is InChI=1S/C24H22N2O2/c1-15-9-11-22-19(12-15)24(28)18-6-4-5-7-21(18)26(22)14-23(27)25-20-13-16(2)8-10-17(20)3/h4-13H,14H2,1-3H3,(H,25,27). The van der Waals surface area contributed by atoms with Crippen LogP contribution in [0.15, 0.2) is 65.5 Å². The summed E-state index contributed by atoms with van der Waals surface area (Å²) in [7, 11) is 0. The molecule has 0 saturated carbocycles. The van der Waals surface area contributed by atoms with Gasteiger partial charge in [-0.05, 0) is 62.2 Å². The van der Waals surface area contributed by atoms with Gasteiger partial charge in [0.2, 0.25) is 5.91 Å². The number of nitrogens with one attached hydrogen (secondary N) is 1. The van der Waals surface area contributed by atoms with Gasteiger partial charge in [0, 0.05) is 16.5 Å². The summed E-state index contributed by atoms with van der Waals surface area (Å²) in [4.78, 5) is 25.8. The third-order valence-electron chi connectivity index (χ3n) is 5.10. The lowest BCUT2D eigenvalue weighted by molar-refractivity contribution is -0.116. The van der Waals surface area contributed by atoms with Gasteiger partial charge in [-0.3, -0.25) is 9.59 Å². The average Bonchev–Trinajstić information content (AvgIpc) is 2.68. The number of pyridine rings is 1. The fourth-order valence-electron chi connectivity index (χ4n) is 3.62. The zero-order chi connectivity index (χ0) is 19.8. The minimum absolute atomic E-state index is 0.000451. The topological polar surface area (TPSA) is 51.1 Å². The Morgan fingerprint density at radius 2 is 1.54 bits per heavy atom. The first-order valence-electron chi connectivity index (χ1n) is 9.33. The first kappa shape index (κ1) is 18.0. The number of rotatable bonds is 3. The summed E-state index contributed by atoms with van der Waals surface area (Å²) >= 11 is 0. The predicted octanol–water partition coefficient (Wildman–Crippen LogP) is 4.72. The molecule has 4 aromatic rings. The second-order valence-electron chi connectivity index (χ2n) is 7.32. The molecule has 1 amide bonds. The number of fused-ring (bicyclic) bond motifs is 2. The van der Waals surface area contributed by atoms with Crippen molar-refractivity contribution in [2.75, 3.05) is 5.32 Å². The highest BCUT2D eigenvalue weighted by molar-refractivity contribution is 5.97. The van der Waals surface area contributed by atoms with Gasteiger partial charge in [0.25, 0.3) is 0 Å². The molecule has 140 valence electrons. The maximum atomic E-state index is 12.9. The predicted molar refractivity (Wildman–Crippen MR) is 115 cm³/mol. The highest BCUT2D eigenvalue weighted by Gasteiger charge is 2.14. The molecular formula is C24H22N2O2. The molecule has 0 radical (unpaired) electrons. The molecule has 4 rings (SSSR count). The Balaban J connectivity index is 1.83. The Hall–Kier alpha value is -3.40. The van der Waals surface area contributed by atoms with Crippen LogP contribution in [0.4, 0.5) is 5.69 Å². The van der Waals surface area contributed by atoms with Crippen molar-refractivity contribution < 1.29 is 4.79 Å². The third kappa shape index (κ3) is 3.18. The maximum absolute atomic E-state index is 12.9. The molecule has 0 spiro atoms. The van der Waals surface area contributed by atoms with Gasteiger partial charge in [-0.25, -0.2) is 0 Å². The van der Waals surface area contributed by atoms with E-state index in [1.807, 2.05) is 86.0 Å². The van der Waals surface area contributed by atoms with Crippen LogP contribution in [-0.2, 0) is 11.3 Å². The van der Waals surface area contributed by atoms with Gasteiger partial charge in [-0.1, -0.05) is 35.9 Å². The van der Waals surface area contributed by atoms with Crippen LogP contribution in [0.2, 0.25) is 0 Å². The van der Waals surface area contributed by atoms with Crippen molar-refractivity contribution in [3.63, 3.8) is 0 Å². The van der Waals surface area contributed by atoms with Crippen LogP contribution in [0.5, 0.6) is 0 Å². The molecule has 0 bridgehead atoms. The Morgan fingerprint density at radius 1 is 0.857 bits per heavy atom. The van der Waals surface area contributed by atoms with Crippen LogP contribution in [0.1, 0.15) is 16.7 Å². The number of carbonyl (C=O) groups is 1. The number of aromatic nitrogens is 1. The summed E-state index contributed by atoms with van der Waals surface area (Å²) in [6.45, 7) is 6.07. The first-order chi connectivity index (χ1) is 13.4. The molecular weight excluding hydrogens is 348 g/mol. The molecule has 3 aromatic carbocycles. The van der Waals surface area contributed by atoms with Gasteiger partial charge in [0.05, 0.1) is 11.0 Å². The maximum Gasteiger partial charge on any atom is 0.244 e. The van der Waals surface area contributed by atoms with Gasteiger partial charge < -0.3 is 9.88 Å². The number of benzene rings is 3. The van der Waals surface area contributed by atoms with Gasteiger partial charge >= 0.3 is 0 Å². The fraction of sp³-hybridized carbons (Fsp3) is 0.167. The molecule has 0 aliphatic rings. The Bertz CT molecular complexity index is 1290. The van der Waals surface area contributed by atoms with E-state index in [1.165, 1.54) is 0 Å². The molecule has 1 N–H and O–H groups in total. The summed E-state index contributed by atoms with van der Waals surface area (Å²) in [6, 6.07) is 19.2. The number of anilines is 1. The number of carbonyl (C=O) groups excluding carboxylic acids is 1. The normalized spacial score (nSPS) is 11.1. The number of hydrogen-bond acceptors (Lipinski definition) is 2. The molecule has 0 aliphatic carbocycles. The van der Waals surface area contributed by atoms with Crippen molar-refractivity contribution in [3.05, 3.63) is 87.6 Å². The zero-order valence-electron chi connectivity index (χ0n) is 16.2. The van der Waals surface area contributed by atoms with Gasteiger partial charge in [-0.15, -0.1) is 0 Å². The van der Waals surface area contributed by atoms with Crippen LogP contribution in [0.25, 0.3) is 21.8 Å². The van der Waals surface area contributed by atoms with Gasteiger partial charge in [-0.2, -0.15) is 0 Å². The summed E-state index contributed by atoms with van der Waals surface area (Å²) in [5.74, 6) is -0.121. The minimum Gasteiger partial charge on any atom is -0.331 e. The van der Waals surface area contributed by atoms with E-state index in [0.29, 0.717) is 10.8 Å². The van der Waals surface area contributed by atoms with Crippen LogP contribution in [-0.4, -0.2) is 10.5 Å². The molecule has 1 aromatic heterocycles. The molecule has 28 heavy (non-hydrogen) atoms. The summed E-state index contributed by atoms with van der Waals surface area (Å²) < 4.78 is 1.92. The number of aryl methyl sites for hydroxylation is 3. The monoisotopic (exact) mass is 370 g/mol. The molecule has 0 unspecified atom stereocenters. The molecule has 4 nitrogen and oxygen atoms in total. The first-order valence-corrected chi connectivity index (χ1v) is 9.33. The Morgan fingerprint density at radius 3 is 2.36 bits per heavy atom. The van der Waals surface area contributed by atoms with E-state index in [9.17, 15) is 9.59 Å². The molecule has 0 aliphatic heterocycles. The van der Waals surface area contributed by atoms with Crippen molar-refractivity contribution >= 4 is 33.4 Å². The molecule has 0 atom stereocenters. The van der Waals surface area contributed by atoms with Crippen molar-refractivity contribution in [1.82, 2.24) is 4.57 Å². The van der Waals surface area contributed by atoms with E-state index < -0.39 is 0 Å². The second kappa shape index (κ2) is 6.97. The molecule has 1 heterocycles. The number of amides is 1. The largest absolute Gasteiger partial charge is 0.331 e. The zero-order valence-corrected chi connectivity index (χ0v) is 16.2. The van der Waals surface area contributed by atoms with E-state index in [-0.39, 0.29) is 17.9 Å². The van der Waals surface area contributed by atoms with Gasteiger partial charge in [0.1, 0.15) is 6.54 Å². The Labute approximate surface area is 163 Å². The molecule has 4 heteroatoms. The van der Waals surface area contributed by atoms with Crippen molar-refractivity contribution in [2.45, 2.75) is 27.3 Å². The lowest BCUT2D eigenvalue weighted by Crippen LogP contribution is -2.22. The lowest BCUT2D eigenvalue weighted by atomic mass is 10.1. The smallest absolute Gasteiger partial charge is 0.244 e. The van der Waals surface area contributed by atoms with E-state index in [0.717, 1.165) is 33.4 Å². The van der Waals surface area contributed by atoms with Crippen LogP contribution >= 0.6 is 0 Å². The molecule has 0 saturated heterocycles. The van der Waals surface area contributed by atoms with E-state index in [4.69, 9.17) is 0 Å². The highest BCUT2D eigenvalue weighted by Crippen LogP contribution is 2.21. The number of hydrogen-bond donors (Lipinski definition) is 1. The van der Waals surface area contributed by atoms with Crippen LogP contribution in [0, 0.1) is 20.8 Å². The second-order valence-corrected chi connectivity index (χ2v) is 7.32. The quantitative estimate of drug-likeness (QED) is 0.531. The lowest BCUT2D eigenvalue weighted by Gasteiger charge is -2.16. The highest BCUT2D eigenvalue weighted by atomic mass is 16.2.